The van der Waals surface area contributed by atoms with Crippen LogP contribution < -0.4 is 10.1 Å². The fourth-order valence-electron chi connectivity index (χ4n) is 1.78. The Morgan fingerprint density at radius 2 is 2.00 bits per heavy atom. The van der Waals surface area contributed by atoms with Gasteiger partial charge in [0, 0.05) is 6.54 Å². The summed E-state index contributed by atoms with van der Waals surface area (Å²) in [5, 5.41) is 3.06. The lowest BCUT2D eigenvalue weighted by Gasteiger charge is -2.10. The van der Waals surface area contributed by atoms with E-state index in [2.05, 4.69) is 15.0 Å². The van der Waals surface area contributed by atoms with Gasteiger partial charge in [0.25, 0.3) is 0 Å². The van der Waals surface area contributed by atoms with Crippen LogP contribution in [-0.4, -0.2) is 11.3 Å². The van der Waals surface area contributed by atoms with Gasteiger partial charge in [0.05, 0.1) is 12.2 Å². The van der Waals surface area contributed by atoms with E-state index in [1.807, 2.05) is 13.8 Å². The van der Waals surface area contributed by atoms with Crippen LogP contribution in [0.4, 0.5) is 13.2 Å². The third-order valence-corrected chi connectivity index (χ3v) is 2.81. The Morgan fingerprint density at radius 3 is 2.62 bits per heavy atom. The van der Waals surface area contributed by atoms with Gasteiger partial charge >= 0.3 is 6.36 Å². The summed E-state index contributed by atoms with van der Waals surface area (Å²) in [6, 6.07) is 5.82. The maximum absolute atomic E-state index is 12.1. The molecule has 0 fully saturated rings. The Kier molecular flexibility index (Phi) is 4.52. The van der Waals surface area contributed by atoms with E-state index in [0.717, 1.165) is 11.5 Å². The molecule has 114 valence electrons. The standard InChI is InChI=1S/C14H15F3N2O2/c1-9-10(2)20-13(19-9)8-18-7-11-4-3-5-12(6-11)21-14(15,16)17/h3-6,18H,7-8H2,1-2H3. The predicted octanol–water partition coefficient (Wildman–Crippen LogP) is 3.48. The maximum Gasteiger partial charge on any atom is 0.573 e. The number of hydrogen-bond acceptors (Lipinski definition) is 4. The van der Waals surface area contributed by atoms with Crippen molar-refractivity contribution in [2.75, 3.05) is 0 Å². The molecule has 7 heteroatoms. The van der Waals surface area contributed by atoms with Gasteiger partial charge in [0.1, 0.15) is 11.5 Å². The van der Waals surface area contributed by atoms with Crippen LogP contribution in [0, 0.1) is 13.8 Å². The number of hydrogen-bond donors (Lipinski definition) is 1. The van der Waals surface area contributed by atoms with Gasteiger partial charge in [-0.2, -0.15) is 0 Å². The molecule has 0 aliphatic carbocycles. The summed E-state index contributed by atoms with van der Waals surface area (Å²) in [4.78, 5) is 4.20. The van der Waals surface area contributed by atoms with Crippen molar-refractivity contribution in [3.05, 3.63) is 47.2 Å². The second kappa shape index (κ2) is 6.17. The quantitative estimate of drug-likeness (QED) is 0.918. The van der Waals surface area contributed by atoms with E-state index in [0.29, 0.717) is 24.5 Å². The highest BCUT2D eigenvalue weighted by Crippen LogP contribution is 2.23. The number of nitrogens with one attached hydrogen (secondary N) is 1. The van der Waals surface area contributed by atoms with E-state index in [-0.39, 0.29) is 5.75 Å². The van der Waals surface area contributed by atoms with Crippen LogP contribution in [0.2, 0.25) is 0 Å². The van der Waals surface area contributed by atoms with Gasteiger partial charge in [-0.25, -0.2) is 4.98 Å². The molecule has 0 spiro atoms. The fraction of sp³-hybridized carbons (Fsp3) is 0.357. The molecule has 2 rings (SSSR count). The molecule has 21 heavy (non-hydrogen) atoms. The van der Waals surface area contributed by atoms with E-state index >= 15 is 0 Å². The van der Waals surface area contributed by atoms with Gasteiger partial charge in [0.15, 0.2) is 0 Å². The van der Waals surface area contributed by atoms with Gasteiger partial charge < -0.3 is 14.5 Å². The van der Waals surface area contributed by atoms with Gasteiger partial charge in [-0.3, -0.25) is 0 Å². The molecule has 0 radical (unpaired) electrons. The molecule has 0 bridgehead atoms. The summed E-state index contributed by atoms with van der Waals surface area (Å²) in [6.45, 7) is 4.46. The van der Waals surface area contributed by atoms with E-state index in [1.54, 1.807) is 6.07 Å². The number of ether oxygens (including phenoxy) is 1. The lowest BCUT2D eigenvalue weighted by Crippen LogP contribution is -2.17. The first-order valence-electron chi connectivity index (χ1n) is 6.32. The van der Waals surface area contributed by atoms with Crippen LogP contribution in [0.5, 0.6) is 5.75 Å². The van der Waals surface area contributed by atoms with Crippen molar-refractivity contribution in [1.29, 1.82) is 0 Å². The number of alkyl halides is 3. The Hall–Kier alpha value is -2.02. The van der Waals surface area contributed by atoms with Crippen molar-refractivity contribution in [1.82, 2.24) is 10.3 Å². The predicted molar refractivity (Wildman–Crippen MR) is 69.6 cm³/mol. The van der Waals surface area contributed by atoms with E-state index in [1.165, 1.54) is 18.2 Å². The molecular weight excluding hydrogens is 285 g/mol. The summed E-state index contributed by atoms with van der Waals surface area (Å²) in [7, 11) is 0. The van der Waals surface area contributed by atoms with Gasteiger partial charge in [-0.15, -0.1) is 13.2 Å². The first-order chi connectivity index (χ1) is 9.83. The van der Waals surface area contributed by atoms with Crippen LogP contribution in [0.15, 0.2) is 28.7 Å². The molecule has 4 nitrogen and oxygen atoms in total. The minimum absolute atomic E-state index is 0.232. The minimum Gasteiger partial charge on any atom is -0.444 e. The zero-order chi connectivity index (χ0) is 15.5. The zero-order valence-electron chi connectivity index (χ0n) is 11.6. The lowest BCUT2D eigenvalue weighted by molar-refractivity contribution is -0.274. The van der Waals surface area contributed by atoms with Crippen molar-refractivity contribution in [3.8, 4) is 5.75 Å². The average Bonchev–Trinajstić information content (AvgIpc) is 2.67. The molecule has 2 aromatic rings. The van der Waals surface area contributed by atoms with Crippen LogP contribution in [0.1, 0.15) is 22.9 Å². The average molecular weight is 300 g/mol. The highest BCUT2D eigenvalue weighted by atomic mass is 19.4. The van der Waals surface area contributed by atoms with Gasteiger partial charge in [-0.05, 0) is 31.5 Å². The fourth-order valence-corrected chi connectivity index (χ4v) is 1.78. The Labute approximate surface area is 119 Å². The number of rotatable bonds is 5. The Morgan fingerprint density at radius 1 is 1.24 bits per heavy atom. The molecule has 0 aliphatic heterocycles. The smallest absolute Gasteiger partial charge is 0.444 e. The van der Waals surface area contributed by atoms with Crippen molar-refractivity contribution in [2.45, 2.75) is 33.3 Å². The first kappa shape index (κ1) is 15.4. The summed E-state index contributed by atoms with van der Waals surface area (Å²) in [6.07, 6.45) is -4.68. The second-order valence-corrected chi connectivity index (χ2v) is 4.55. The number of aromatic nitrogens is 1. The summed E-state index contributed by atoms with van der Waals surface area (Å²) < 4.78 is 45.6. The topological polar surface area (TPSA) is 47.3 Å². The van der Waals surface area contributed by atoms with Crippen LogP contribution in [0.3, 0.4) is 0 Å². The van der Waals surface area contributed by atoms with Crippen molar-refractivity contribution in [3.63, 3.8) is 0 Å². The number of halogens is 3. The first-order valence-corrected chi connectivity index (χ1v) is 6.32. The molecule has 0 aliphatic rings. The van der Waals surface area contributed by atoms with Crippen molar-refractivity contribution >= 4 is 0 Å². The number of oxazole rings is 1. The third kappa shape index (κ3) is 4.78. The van der Waals surface area contributed by atoms with Crippen LogP contribution in [0.25, 0.3) is 0 Å². The molecule has 1 heterocycles. The van der Waals surface area contributed by atoms with Gasteiger partial charge in [0.2, 0.25) is 5.89 Å². The SMILES string of the molecule is Cc1nc(CNCc2cccc(OC(F)(F)F)c2)oc1C. The molecule has 0 unspecified atom stereocenters. The van der Waals surface area contributed by atoms with Gasteiger partial charge in [-0.1, -0.05) is 12.1 Å². The number of aryl methyl sites for hydroxylation is 2. The monoisotopic (exact) mass is 300 g/mol. The Balaban J connectivity index is 1.90. The lowest BCUT2D eigenvalue weighted by atomic mass is 10.2. The van der Waals surface area contributed by atoms with Crippen LogP contribution in [-0.2, 0) is 13.1 Å². The molecular formula is C14H15F3N2O2. The summed E-state index contributed by atoms with van der Waals surface area (Å²) in [5.74, 6) is 1.07. The maximum atomic E-state index is 12.1. The van der Waals surface area contributed by atoms with Crippen molar-refractivity contribution < 1.29 is 22.3 Å². The molecule has 0 atom stereocenters. The van der Waals surface area contributed by atoms with E-state index < -0.39 is 6.36 Å². The normalized spacial score (nSPS) is 11.7. The highest BCUT2D eigenvalue weighted by Gasteiger charge is 2.31. The van der Waals surface area contributed by atoms with E-state index in [9.17, 15) is 13.2 Å². The molecule has 1 aromatic carbocycles. The van der Waals surface area contributed by atoms with Crippen LogP contribution >= 0.6 is 0 Å². The zero-order valence-corrected chi connectivity index (χ0v) is 11.6. The molecule has 1 N–H and O–H groups in total. The molecule has 0 amide bonds. The third-order valence-electron chi connectivity index (χ3n) is 2.81. The molecule has 0 saturated heterocycles. The molecule has 0 saturated carbocycles. The highest BCUT2D eigenvalue weighted by molar-refractivity contribution is 5.28. The summed E-state index contributed by atoms with van der Waals surface area (Å²) >= 11 is 0. The number of nitrogens with zero attached hydrogens (tertiary/aromatic N) is 1. The summed E-state index contributed by atoms with van der Waals surface area (Å²) in [5.41, 5.74) is 1.50. The van der Waals surface area contributed by atoms with E-state index in [4.69, 9.17) is 4.42 Å². The minimum atomic E-state index is -4.68. The van der Waals surface area contributed by atoms with Crippen molar-refractivity contribution in [2.24, 2.45) is 0 Å². The number of benzene rings is 1. The second-order valence-electron chi connectivity index (χ2n) is 4.55. The largest absolute Gasteiger partial charge is 0.573 e. The Bertz CT molecular complexity index is 589. The molecule has 1 aromatic heterocycles.